The molecule has 0 heterocycles. The van der Waals surface area contributed by atoms with E-state index in [-0.39, 0.29) is 11.1 Å². The zero-order valence-corrected chi connectivity index (χ0v) is 16.1. The van der Waals surface area contributed by atoms with Gasteiger partial charge in [0.15, 0.2) is 5.60 Å². The molecule has 0 aromatic heterocycles. The molecule has 13 heteroatoms. The number of benzene rings is 2. The second-order valence-corrected chi connectivity index (χ2v) is 7.30. The lowest BCUT2D eigenvalue weighted by molar-refractivity contribution is -0.376. The standard InChI is InChI=1S/C19H17F9N2O2/c1-15(31,17(20,21)22)11-7-9(2-4-13(11)29)6-10-3-5-14(30)12(8-10)16(32,18(23,24)25)19(26,27)28/h2-5,7-8,31-32H,6,29-30H2,1H3. The molecule has 0 bridgehead atoms. The Balaban J connectivity index is 2.57. The van der Waals surface area contributed by atoms with Gasteiger partial charge >= 0.3 is 18.5 Å². The van der Waals surface area contributed by atoms with Crippen molar-refractivity contribution < 1.29 is 49.7 Å². The van der Waals surface area contributed by atoms with E-state index < -0.39 is 58.7 Å². The van der Waals surface area contributed by atoms with Gasteiger partial charge in [0.05, 0.1) is 0 Å². The van der Waals surface area contributed by atoms with Crippen LogP contribution >= 0.6 is 0 Å². The van der Waals surface area contributed by atoms with E-state index in [4.69, 9.17) is 11.5 Å². The largest absolute Gasteiger partial charge is 0.430 e. The number of nitrogens with two attached hydrogens (primary N) is 2. The predicted molar refractivity (Wildman–Crippen MR) is 96.1 cm³/mol. The number of hydrogen-bond donors (Lipinski definition) is 4. The van der Waals surface area contributed by atoms with E-state index in [9.17, 15) is 49.7 Å². The number of aliphatic hydroxyl groups is 2. The monoisotopic (exact) mass is 476 g/mol. The van der Waals surface area contributed by atoms with Gasteiger partial charge in [-0.2, -0.15) is 39.5 Å². The molecule has 0 spiro atoms. The smallest absolute Gasteiger partial charge is 0.398 e. The van der Waals surface area contributed by atoms with Gasteiger partial charge in [0.25, 0.3) is 5.60 Å². The van der Waals surface area contributed by atoms with Crippen LogP contribution in [0.15, 0.2) is 36.4 Å². The Morgan fingerprint density at radius 3 is 1.41 bits per heavy atom. The summed E-state index contributed by atoms with van der Waals surface area (Å²) in [5, 5.41) is 19.5. The Morgan fingerprint density at radius 2 is 1.03 bits per heavy atom. The maximum Gasteiger partial charge on any atom is 0.430 e. The average Bonchev–Trinajstić information content (AvgIpc) is 2.61. The second kappa shape index (κ2) is 7.73. The third-order valence-electron chi connectivity index (χ3n) is 4.93. The fourth-order valence-electron chi connectivity index (χ4n) is 3.02. The third-order valence-corrected chi connectivity index (χ3v) is 4.93. The van der Waals surface area contributed by atoms with Gasteiger partial charge in [0, 0.05) is 22.5 Å². The van der Waals surface area contributed by atoms with E-state index in [0.29, 0.717) is 19.1 Å². The molecular weight excluding hydrogens is 459 g/mol. The van der Waals surface area contributed by atoms with Crippen LogP contribution in [0.5, 0.6) is 0 Å². The topological polar surface area (TPSA) is 92.5 Å². The van der Waals surface area contributed by atoms with Crippen molar-refractivity contribution in [3.05, 3.63) is 58.7 Å². The van der Waals surface area contributed by atoms with Crippen LogP contribution in [0.3, 0.4) is 0 Å². The molecular formula is C19H17F9N2O2. The average molecular weight is 476 g/mol. The minimum Gasteiger partial charge on any atom is -0.398 e. The van der Waals surface area contributed by atoms with Crippen molar-refractivity contribution in [3.8, 4) is 0 Å². The van der Waals surface area contributed by atoms with Crippen LogP contribution in [-0.2, 0) is 17.6 Å². The second-order valence-electron chi connectivity index (χ2n) is 7.30. The number of rotatable bonds is 4. The summed E-state index contributed by atoms with van der Waals surface area (Å²) in [6, 6.07) is 5.14. The lowest BCUT2D eigenvalue weighted by Crippen LogP contribution is -2.54. The van der Waals surface area contributed by atoms with Gasteiger partial charge in [0.1, 0.15) is 0 Å². The summed E-state index contributed by atoms with van der Waals surface area (Å²) in [6.07, 6.45) is -17.9. The van der Waals surface area contributed by atoms with Crippen LogP contribution in [0, 0.1) is 0 Å². The van der Waals surface area contributed by atoms with Crippen molar-refractivity contribution in [1.82, 2.24) is 0 Å². The lowest BCUT2D eigenvalue weighted by Gasteiger charge is -2.33. The number of halogens is 9. The van der Waals surface area contributed by atoms with Gasteiger partial charge in [-0.1, -0.05) is 18.2 Å². The summed E-state index contributed by atoms with van der Waals surface area (Å²) >= 11 is 0. The zero-order chi connectivity index (χ0) is 24.9. The fourth-order valence-corrected chi connectivity index (χ4v) is 3.02. The van der Waals surface area contributed by atoms with Gasteiger partial charge in [-0.3, -0.25) is 0 Å². The number of hydrogen-bond acceptors (Lipinski definition) is 4. The molecule has 32 heavy (non-hydrogen) atoms. The maximum absolute atomic E-state index is 13.2. The minimum atomic E-state index is -6.17. The highest BCUT2D eigenvalue weighted by Crippen LogP contribution is 2.51. The summed E-state index contributed by atoms with van der Waals surface area (Å²) in [7, 11) is 0. The lowest BCUT2D eigenvalue weighted by atomic mass is 9.87. The first kappa shape index (κ1) is 25.6. The Bertz CT molecular complexity index is 982. The summed E-state index contributed by atoms with van der Waals surface area (Å²) in [6.45, 7) is 0.441. The van der Waals surface area contributed by atoms with Crippen LogP contribution in [0.2, 0.25) is 0 Å². The SMILES string of the molecule is CC(O)(c1cc(Cc2ccc(N)c(C(O)(C(F)(F)F)C(F)(F)F)c2)ccc1N)C(F)(F)F. The Kier molecular flexibility index (Phi) is 6.18. The summed E-state index contributed by atoms with van der Waals surface area (Å²) in [5.41, 5.74) is -1.96. The van der Waals surface area contributed by atoms with Gasteiger partial charge < -0.3 is 21.7 Å². The first-order valence-corrected chi connectivity index (χ1v) is 8.66. The van der Waals surface area contributed by atoms with E-state index >= 15 is 0 Å². The number of nitrogen functional groups attached to an aromatic ring is 2. The fraction of sp³-hybridized carbons (Fsp3) is 0.368. The maximum atomic E-state index is 13.2. The highest BCUT2D eigenvalue weighted by Gasteiger charge is 2.72. The van der Waals surface area contributed by atoms with Crippen LogP contribution in [0.1, 0.15) is 29.2 Å². The molecule has 0 aliphatic heterocycles. The summed E-state index contributed by atoms with van der Waals surface area (Å²) < 4.78 is 119. The van der Waals surface area contributed by atoms with Crippen molar-refractivity contribution >= 4 is 11.4 Å². The molecule has 2 aromatic rings. The van der Waals surface area contributed by atoms with Crippen LogP contribution in [0.25, 0.3) is 0 Å². The first-order valence-electron chi connectivity index (χ1n) is 8.66. The van der Waals surface area contributed by atoms with Crippen molar-refractivity contribution in [2.45, 2.75) is 43.1 Å². The number of anilines is 2. The Hall–Kier alpha value is -2.67. The van der Waals surface area contributed by atoms with Gasteiger partial charge in [-0.25, -0.2) is 0 Å². The van der Waals surface area contributed by atoms with E-state index in [1.165, 1.54) is 6.07 Å². The van der Waals surface area contributed by atoms with Crippen molar-refractivity contribution in [2.24, 2.45) is 0 Å². The quantitative estimate of drug-likeness (QED) is 0.386. The molecule has 0 saturated heterocycles. The molecule has 0 aliphatic rings. The molecule has 0 fully saturated rings. The molecule has 0 radical (unpaired) electrons. The first-order chi connectivity index (χ1) is 14.2. The van der Waals surface area contributed by atoms with Crippen molar-refractivity contribution in [1.29, 1.82) is 0 Å². The Morgan fingerprint density at radius 1 is 0.656 bits per heavy atom. The third kappa shape index (κ3) is 4.31. The molecule has 0 aliphatic carbocycles. The molecule has 0 saturated carbocycles. The van der Waals surface area contributed by atoms with E-state index in [0.717, 1.165) is 18.2 Å². The summed E-state index contributed by atoms with van der Waals surface area (Å²) in [4.78, 5) is 0. The van der Waals surface area contributed by atoms with E-state index in [1.807, 2.05) is 0 Å². The highest BCUT2D eigenvalue weighted by atomic mass is 19.4. The van der Waals surface area contributed by atoms with Crippen LogP contribution in [-0.4, -0.2) is 28.7 Å². The van der Waals surface area contributed by atoms with Crippen molar-refractivity contribution in [2.75, 3.05) is 11.5 Å². The van der Waals surface area contributed by atoms with E-state index in [2.05, 4.69) is 0 Å². The molecule has 1 atom stereocenters. The van der Waals surface area contributed by atoms with E-state index in [1.54, 1.807) is 0 Å². The predicted octanol–water partition coefficient (Wildman–Crippen LogP) is 4.52. The minimum absolute atomic E-state index is 0.0167. The van der Waals surface area contributed by atoms with Gasteiger partial charge in [0.2, 0.25) is 0 Å². The summed E-state index contributed by atoms with van der Waals surface area (Å²) in [5.74, 6) is 0. The van der Waals surface area contributed by atoms with Crippen molar-refractivity contribution in [3.63, 3.8) is 0 Å². The molecule has 6 N–H and O–H groups in total. The highest BCUT2D eigenvalue weighted by molar-refractivity contribution is 5.55. The Labute approximate surface area is 175 Å². The van der Waals surface area contributed by atoms with Gasteiger partial charge in [-0.15, -0.1) is 0 Å². The molecule has 4 nitrogen and oxygen atoms in total. The molecule has 0 amide bonds. The van der Waals surface area contributed by atoms with Crippen LogP contribution in [0.4, 0.5) is 50.9 Å². The molecule has 2 rings (SSSR count). The number of alkyl halides is 9. The molecule has 2 aromatic carbocycles. The van der Waals surface area contributed by atoms with Crippen LogP contribution < -0.4 is 11.5 Å². The van der Waals surface area contributed by atoms with Gasteiger partial charge in [-0.05, 0) is 42.7 Å². The molecule has 1 unspecified atom stereocenters. The normalized spacial score (nSPS) is 15.5. The zero-order valence-electron chi connectivity index (χ0n) is 16.1. The molecule has 178 valence electrons.